The molecule has 0 radical (unpaired) electrons. The Hall–Kier alpha value is -4.93. The zero-order valence-electron chi connectivity index (χ0n) is 22.3. The van der Waals surface area contributed by atoms with E-state index in [9.17, 15) is 9.59 Å². The van der Waals surface area contributed by atoms with Gasteiger partial charge in [0, 0.05) is 47.1 Å². The summed E-state index contributed by atoms with van der Waals surface area (Å²) in [7, 11) is 0. The summed E-state index contributed by atoms with van der Waals surface area (Å²) in [5, 5.41) is 15.2. The topological polar surface area (TPSA) is 133 Å². The number of nitrogens with one attached hydrogen (secondary N) is 1. The van der Waals surface area contributed by atoms with Crippen LogP contribution in [0.5, 0.6) is 0 Å². The molecule has 0 aliphatic carbocycles. The first kappa shape index (κ1) is 25.7. The van der Waals surface area contributed by atoms with Crippen LogP contribution in [0.4, 0.5) is 0 Å². The Kier molecular flexibility index (Phi) is 6.65. The van der Waals surface area contributed by atoms with E-state index in [2.05, 4.69) is 30.6 Å². The lowest BCUT2D eigenvalue weighted by Gasteiger charge is -2.10. The maximum Gasteiger partial charge on any atom is 0.292 e. The van der Waals surface area contributed by atoms with Gasteiger partial charge >= 0.3 is 0 Å². The first-order valence-electron chi connectivity index (χ1n) is 12.4. The number of allylic oxidation sites excluding steroid dienone is 2. The number of aromatic nitrogens is 7. The Morgan fingerprint density at radius 3 is 2.62 bits per heavy atom. The standard InChI is InChI=1S/C28H28N8O3/c1-6-7-23(37)36-15-21(13-31-36)20-11-22-24(30-16-32-35(22)14-20)18-8-9-19(17(2)10-18)12-29-26(38)25-33-27(39-34-25)28(3,4)5/h6-11,13-16H,12H2,1-5H3,(H,29,38)/b7-6+. The molecule has 1 N–H and O–H groups in total. The van der Waals surface area contributed by atoms with Crippen LogP contribution in [0.2, 0.25) is 0 Å². The number of fused-ring (bicyclic) bond motifs is 1. The van der Waals surface area contributed by atoms with Crippen LogP contribution in [0.1, 0.15) is 60.1 Å². The van der Waals surface area contributed by atoms with Crippen LogP contribution in [0.3, 0.4) is 0 Å². The van der Waals surface area contributed by atoms with E-state index in [0.29, 0.717) is 12.4 Å². The summed E-state index contributed by atoms with van der Waals surface area (Å²) in [5.41, 5.74) is 5.74. The van der Waals surface area contributed by atoms with Crippen LogP contribution in [-0.2, 0) is 12.0 Å². The molecule has 11 nitrogen and oxygen atoms in total. The van der Waals surface area contributed by atoms with Crippen molar-refractivity contribution in [1.82, 2.24) is 39.8 Å². The maximum atomic E-state index is 12.6. The third-order valence-electron chi connectivity index (χ3n) is 6.18. The fourth-order valence-electron chi connectivity index (χ4n) is 4.04. The van der Waals surface area contributed by atoms with Gasteiger partial charge in [0.25, 0.3) is 17.6 Å². The number of carbonyl (C=O) groups is 2. The van der Waals surface area contributed by atoms with E-state index < -0.39 is 5.91 Å². The van der Waals surface area contributed by atoms with Gasteiger partial charge in [0.1, 0.15) is 6.33 Å². The summed E-state index contributed by atoms with van der Waals surface area (Å²) in [6.07, 6.45) is 9.86. The number of amides is 1. The third-order valence-corrected chi connectivity index (χ3v) is 6.18. The van der Waals surface area contributed by atoms with Crippen molar-refractivity contribution >= 4 is 17.3 Å². The Bertz CT molecular complexity index is 1720. The summed E-state index contributed by atoms with van der Waals surface area (Å²) < 4.78 is 8.27. The molecule has 0 atom stereocenters. The van der Waals surface area contributed by atoms with Crippen molar-refractivity contribution in [2.24, 2.45) is 0 Å². The molecule has 1 aromatic carbocycles. The Balaban J connectivity index is 1.35. The molecule has 11 heteroatoms. The molecule has 39 heavy (non-hydrogen) atoms. The van der Waals surface area contributed by atoms with Gasteiger partial charge in [-0.3, -0.25) is 9.59 Å². The minimum atomic E-state index is -0.397. The second-order valence-electron chi connectivity index (χ2n) is 10.2. The smallest absolute Gasteiger partial charge is 0.292 e. The van der Waals surface area contributed by atoms with Crippen LogP contribution in [-0.4, -0.2) is 46.3 Å². The number of hydrogen-bond donors (Lipinski definition) is 1. The molecule has 0 fully saturated rings. The first-order chi connectivity index (χ1) is 18.6. The highest BCUT2D eigenvalue weighted by atomic mass is 16.5. The van der Waals surface area contributed by atoms with Crippen LogP contribution >= 0.6 is 0 Å². The molecule has 0 saturated carbocycles. The number of aryl methyl sites for hydroxylation is 1. The molecule has 0 bridgehead atoms. The van der Waals surface area contributed by atoms with Gasteiger partial charge in [-0.05, 0) is 37.1 Å². The van der Waals surface area contributed by atoms with Crippen molar-refractivity contribution in [3.8, 4) is 22.4 Å². The molecule has 5 aromatic rings. The highest BCUT2D eigenvalue weighted by molar-refractivity contribution is 5.90. The second-order valence-corrected chi connectivity index (χ2v) is 10.2. The van der Waals surface area contributed by atoms with E-state index in [4.69, 9.17) is 4.52 Å². The highest BCUT2D eigenvalue weighted by Gasteiger charge is 2.24. The summed E-state index contributed by atoms with van der Waals surface area (Å²) in [6.45, 7) is 9.90. The van der Waals surface area contributed by atoms with E-state index in [-0.39, 0.29) is 17.1 Å². The normalized spacial score (nSPS) is 11.9. The summed E-state index contributed by atoms with van der Waals surface area (Å²) in [5.74, 6) is -0.189. The van der Waals surface area contributed by atoms with Gasteiger partial charge in [0.15, 0.2) is 0 Å². The van der Waals surface area contributed by atoms with Gasteiger partial charge in [-0.1, -0.05) is 44.1 Å². The number of benzene rings is 1. The van der Waals surface area contributed by atoms with E-state index in [0.717, 1.165) is 39.0 Å². The molecule has 0 saturated heterocycles. The lowest BCUT2D eigenvalue weighted by molar-refractivity contribution is 0.0934. The Morgan fingerprint density at radius 2 is 1.90 bits per heavy atom. The van der Waals surface area contributed by atoms with Gasteiger partial charge < -0.3 is 9.84 Å². The molecule has 0 aliphatic rings. The fraction of sp³-hybridized carbons (Fsp3) is 0.250. The zero-order chi connectivity index (χ0) is 27.7. The first-order valence-corrected chi connectivity index (χ1v) is 12.4. The largest absolute Gasteiger partial charge is 0.345 e. The average molecular weight is 525 g/mol. The maximum absolute atomic E-state index is 12.6. The molecular weight excluding hydrogens is 496 g/mol. The molecule has 4 aromatic heterocycles. The van der Waals surface area contributed by atoms with Gasteiger partial charge in [-0.2, -0.15) is 15.2 Å². The van der Waals surface area contributed by atoms with Gasteiger partial charge in [-0.25, -0.2) is 14.2 Å². The van der Waals surface area contributed by atoms with Crippen molar-refractivity contribution in [3.63, 3.8) is 0 Å². The van der Waals surface area contributed by atoms with Gasteiger partial charge in [0.05, 0.1) is 17.4 Å². The van der Waals surface area contributed by atoms with E-state index >= 15 is 0 Å². The Labute approximate surface area is 224 Å². The minimum absolute atomic E-state index is 0.0124. The van der Waals surface area contributed by atoms with Crippen molar-refractivity contribution in [2.45, 2.75) is 46.6 Å². The van der Waals surface area contributed by atoms with Crippen LogP contribution in [0.15, 0.2) is 65.9 Å². The average Bonchev–Trinajstić information content (AvgIpc) is 3.66. The van der Waals surface area contributed by atoms with Crippen LogP contribution < -0.4 is 5.32 Å². The molecule has 1 amide bonds. The summed E-state index contributed by atoms with van der Waals surface area (Å²) in [6, 6.07) is 7.91. The number of nitrogens with zero attached hydrogens (tertiary/aromatic N) is 7. The molecular formula is C28H28N8O3. The van der Waals surface area contributed by atoms with Crippen molar-refractivity contribution in [1.29, 1.82) is 0 Å². The molecule has 0 aliphatic heterocycles. The molecule has 0 unspecified atom stereocenters. The van der Waals surface area contributed by atoms with Crippen molar-refractivity contribution in [2.75, 3.05) is 0 Å². The Morgan fingerprint density at radius 1 is 1.08 bits per heavy atom. The lowest BCUT2D eigenvalue weighted by Crippen LogP contribution is -2.24. The highest BCUT2D eigenvalue weighted by Crippen LogP contribution is 2.29. The SMILES string of the molecule is C/C=C/C(=O)n1cc(-c2cc3c(-c4ccc(CNC(=O)c5noc(C(C)(C)C)n5)c(C)c4)ncnn3c2)cn1. The number of rotatable bonds is 6. The van der Waals surface area contributed by atoms with Gasteiger partial charge in [-0.15, -0.1) is 0 Å². The van der Waals surface area contributed by atoms with Gasteiger partial charge in [0.2, 0.25) is 5.89 Å². The molecule has 0 spiro atoms. The quantitative estimate of drug-likeness (QED) is 0.323. The number of carbonyl (C=O) groups excluding carboxylic acids is 2. The molecule has 5 rings (SSSR count). The van der Waals surface area contributed by atoms with Crippen LogP contribution in [0, 0.1) is 6.92 Å². The third kappa shape index (κ3) is 5.24. The predicted molar refractivity (Wildman–Crippen MR) is 144 cm³/mol. The molecule has 4 heterocycles. The summed E-state index contributed by atoms with van der Waals surface area (Å²) in [4.78, 5) is 33.4. The monoisotopic (exact) mass is 524 g/mol. The second kappa shape index (κ2) is 10.1. The van der Waals surface area contributed by atoms with E-state index in [1.54, 1.807) is 29.9 Å². The van der Waals surface area contributed by atoms with Crippen molar-refractivity contribution < 1.29 is 14.1 Å². The molecule has 198 valence electrons. The summed E-state index contributed by atoms with van der Waals surface area (Å²) >= 11 is 0. The van der Waals surface area contributed by atoms with Crippen LogP contribution in [0.25, 0.3) is 27.9 Å². The van der Waals surface area contributed by atoms with E-state index in [1.165, 1.54) is 17.1 Å². The predicted octanol–water partition coefficient (Wildman–Crippen LogP) is 4.40. The van der Waals surface area contributed by atoms with E-state index in [1.807, 2.05) is 58.2 Å². The zero-order valence-corrected chi connectivity index (χ0v) is 22.3. The van der Waals surface area contributed by atoms with Crippen molar-refractivity contribution in [3.05, 3.63) is 84.2 Å². The lowest BCUT2D eigenvalue weighted by atomic mass is 9.97. The number of hydrogen-bond acceptors (Lipinski definition) is 8. The fourth-order valence-corrected chi connectivity index (χ4v) is 4.04. The minimum Gasteiger partial charge on any atom is -0.345 e.